The predicted octanol–water partition coefficient (Wildman–Crippen LogP) is 3.69. The summed E-state index contributed by atoms with van der Waals surface area (Å²) in [6.07, 6.45) is 4.30. The van der Waals surface area contributed by atoms with Crippen molar-refractivity contribution < 1.29 is 19.1 Å². The van der Waals surface area contributed by atoms with Crippen LogP contribution in [0.2, 0.25) is 0 Å². The molecular formula is C21H23NO4S2. The molecule has 1 atom stereocenters. The van der Waals surface area contributed by atoms with E-state index in [1.54, 1.807) is 59.9 Å². The van der Waals surface area contributed by atoms with E-state index in [0.29, 0.717) is 23.3 Å². The van der Waals surface area contributed by atoms with Gasteiger partial charge in [0.2, 0.25) is 0 Å². The van der Waals surface area contributed by atoms with E-state index in [1.807, 2.05) is 30.7 Å². The minimum absolute atomic E-state index is 0.279. The zero-order chi connectivity index (χ0) is 20.4. The monoisotopic (exact) mass is 417 g/mol. The molecule has 0 fully saturated rings. The van der Waals surface area contributed by atoms with Crippen molar-refractivity contribution >= 4 is 41.2 Å². The van der Waals surface area contributed by atoms with Crippen LogP contribution in [0.3, 0.4) is 0 Å². The van der Waals surface area contributed by atoms with Gasteiger partial charge in [-0.25, -0.2) is 4.79 Å². The third-order valence-corrected chi connectivity index (χ3v) is 5.38. The van der Waals surface area contributed by atoms with Gasteiger partial charge < -0.3 is 10.1 Å². The van der Waals surface area contributed by atoms with E-state index in [4.69, 9.17) is 4.74 Å². The smallest absolute Gasteiger partial charge is 0.329 e. The summed E-state index contributed by atoms with van der Waals surface area (Å²) in [5.74, 6) is -0.548. The third kappa shape index (κ3) is 6.73. The molecule has 148 valence electrons. The summed E-state index contributed by atoms with van der Waals surface area (Å²) < 4.78 is 5.19. The number of esters is 1. The van der Waals surface area contributed by atoms with Gasteiger partial charge in [-0.3, -0.25) is 9.59 Å². The minimum atomic E-state index is -0.799. The summed E-state index contributed by atoms with van der Waals surface area (Å²) in [6, 6.07) is 15.0. The van der Waals surface area contributed by atoms with Crippen LogP contribution in [-0.2, 0) is 9.53 Å². The van der Waals surface area contributed by atoms with Crippen LogP contribution in [0.5, 0.6) is 0 Å². The number of carbonyl (C=O) groups excluding carboxylic acids is 3. The molecule has 0 saturated heterocycles. The van der Waals surface area contributed by atoms with Crippen molar-refractivity contribution in [1.29, 1.82) is 0 Å². The lowest BCUT2D eigenvalue weighted by Crippen LogP contribution is -2.42. The number of ketones is 1. The number of Topliss-reactive ketones (excluding diaryl/α,β-unsaturated/α-hetero) is 1. The maximum atomic E-state index is 12.5. The lowest BCUT2D eigenvalue weighted by Gasteiger charge is -2.17. The first kappa shape index (κ1) is 22.0. The van der Waals surface area contributed by atoms with Crippen molar-refractivity contribution in [2.75, 3.05) is 24.9 Å². The lowest BCUT2D eigenvalue weighted by atomic mass is 10.1. The van der Waals surface area contributed by atoms with Gasteiger partial charge in [0, 0.05) is 16.0 Å². The highest BCUT2D eigenvalue weighted by atomic mass is 32.2. The van der Waals surface area contributed by atoms with Crippen LogP contribution < -0.4 is 5.32 Å². The second kappa shape index (κ2) is 11.6. The lowest BCUT2D eigenvalue weighted by molar-refractivity contribution is -0.144. The van der Waals surface area contributed by atoms with Gasteiger partial charge >= 0.3 is 5.97 Å². The van der Waals surface area contributed by atoms with Crippen LogP contribution in [0, 0.1) is 0 Å². The van der Waals surface area contributed by atoms with Crippen LogP contribution in [0.15, 0.2) is 59.5 Å². The van der Waals surface area contributed by atoms with Gasteiger partial charge in [0.1, 0.15) is 6.04 Å². The number of nitrogens with one attached hydrogen (secondary N) is 1. The predicted molar refractivity (Wildman–Crippen MR) is 114 cm³/mol. The summed E-state index contributed by atoms with van der Waals surface area (Å²) in [7, 11) is 0. The maximum absolute atomic E-state index is 12.5. The Balaban J connectivity index is 1.95. The Kier molecular flexibility index (Phi) is 9.10. The molecular weight excluding hydrogens is 394 g/mol. The maximum Gasteiger partial charge on any atom is 0.329 e. The quantitative estimate of drug-likeness (QED) is 0.361. The van der Waals surface area contributed by atoms with E-state index in [-0.39, 0.29) is 18.3 Å². The van der Waals surface area contributed by atoms with Crippen molar-refractivity contribution in [3.05, 3.63) is 65.7 Å². The Bertz CT molecular complexity index is 794. The largest absolute Gasteiger partial charge is 0.456 e. The zero-order valence-corrected chi connectivity index (χ0v) is 17.5. The van der Waals surface area contributed by atoms with Gasteiger partial charge in [0.25, 0.3) is 5.91 Å². The first-order chi connectivity index (χ1) is 13.5. The third-order valence-electron chi connectivity index (χ3n) is 3.99. The number of ether oxygens (including phenoxy) is 1. The molecule has 1 amide bonds. The van der Waals surface area contributed by atoms with Crippen LogP contribution in [0.1, 0.15) is 27.1 Å². The Hall–Kier alpha value is -2.25. The summed E-state index contributed by atoms with van der Waals surface area (Å²) in [6.45, 7) is -0.353. The van der Waals surface area contributed by atoms with Gasteiger partial charge in [-0.05, 0) is 49.0 Å². The number of hydrogen-bond acceptors (Lipinski definition) is 6. The SMILES string of the molecule is CSCCC(NC(=O)c1ccccc1)C(=O)OCC(=O)c1ccc(SC)cc1. The fraction of sp³-hybridized carbons (Fsp3) is 0.286. The molecule has 0 spiro atoms. The second-order valence-corrected chi connectivity index (χ2v) is 7.80. The summed E-state index contributed by atoms with van der Waals surface area (Å²) in [4.78, 5) is 38.1. The van der Waals surface area contributed by atoms with E-state index < -0.39 is 12.0 Å². The number of amides is 1. The van der Waals surface area contributed by atoms with Gasteiger partial charge in [0.05, 0.1) is 0 Å². The van der Waals surface area contributed by atoms with Crippen molar-refractivity contribution in [2.45, 2.75) is 17.4 Å². The summed E-state index contributed by atoms with van der Waals surface area (Å²) in [5.41, 5.74) is 0.953. The number of hydrogen-bond donors (Lipinski definition) is 1. The fourth-order valence-electron chi connectivity index (χ4n) is 2.41. The van der Waals surface area contributed by atoms with Crippen molar-refractivity contribution in [3.8, 4) is 0 Å². The molecule has 2 aromatic carbocycles. The summed E-state index contributed by atoms with van der Waals surface area (Å²) in [5, 5.41) is 2.71. The molecule has 0 aliphatic rings. The van der Waals surface area contributed by atoms with Crippen molar-refractivity contribution in [2.24, 2.45) is 0 Å². The molecule has 1 unspecified atom stereocenters. The highest BCUT2D eigenvalue weighted by molar-refractivity contribution is 7.98. The van der Waals surface area contributed by atoms with Crippen LogP contribution in [0.4, 0.5) is 0 Å². The number of carbonyl (C=O) groups is 3. The molecule has 0 saturated carbocycles. The molecule has 0 aromatic heterocycles. The highest BCUT2D eigenvalue weighted by Gasteiger charge is 2.23. The Morgan fingerprint density at radius 2 is 1.64 bits per heavy atom. The van der Waals surface area contributed by atoms with Gasteiger partial charge in [-0.2, -0.15) is 11.8 Å². The van der Waals surface area contributed by atoms with Crippen LogP contribution >= 0.6 is 23.5 Å². The van der Waals surface area contributed by atoms with E-state index in [9.17, 15) is 14.4 Å². The van der Waals surface area contributed by atoms with E-state index in [0.717, 1.165) is 4.90 Å². The summed E-state index contributed by atoms with van der Waals surface area (Å²) >= 11 is 3.15. The minimum Gasteiger partial charge on any atom is -0.456 e. The van der Waals surface area contributed by atoms with Crippen LogP contribution in [-0.4, -0.2) is 48.6 Å². The molecule has 28 heavy (non-hydrogen) atoms. The van der Waals surface area contributed by atoms with Crippen molar-refractivity contribution in [3.63, 3.8) is 0 Å². The molecule has 7 heteroatoms. The molecule has 0 aliphatic carbocycles. The van der Waals surface area contributed by atoms with Crippen molar-refractivity contribution in [1.82, 2.24) is 5.32 Å². The standard InChI is InChI=1S/C21H23NO4S2/c1-27-13-12-18(22-20(24)16-6-4-3-5-7-16)21(25)26-14-19(23)15-8-10-17(28-2)11-9-15/h3-11,18H,12-14H2,1-2H3,(H,22,24). The molecule has 2 aromatic rings. The van der Waals surface area contributed by atoms with E-state index >= 15 is 0 Å². The second-order valence-electron chi connectivity index (χ2n) is 5.93. The number of thioether (sulfide) groups is 2. The van der Waals surface area contributed by atoms with Gasteiger partial charge in [0.15, 0.2) is 12.4 Å². The first-order valence-corrected chi connectivity index (χ1v) is 11.4. The molecule has 5 nitrogen and oxygen atoms in total. The molecule has 0 heterocycles. The molecule has 0 radical (unpaired) electrons. The first-order valence-electron chi connectivity index (χ1n) is 8.74. The number of benzene rings is 2. The Morgan fingerprint density at radius 1 is 0.964 bits per heavy atom. The normalized spacial score (nSPS) is 11.5. The average molecular weight is 418 g/mol. The van der Waals surface area contributed by atoms with E-state index in [1.165, 1.54) is 0 Å². The molecule has 1 N–H and O–H groups in total. The zero-order valence-electron chi connectivity index (χ0n) is 15.8. The highest BCUT2D eigenvalue weighted by Crippen LogP contribution is 2.15. The van der Waals surface area contributed by atoms with Gasteiger partial charge in [-0.15, -0.1) is 11.8 Å². The topological polar surface area (TPSA) is 72.5 Å². The van der Waals surface area contributed by atoms with Gasteiger partial charge in [-0.1, -0.05) is 30.3 Å². The molecule has 0 bridgehead atoms. The average Bonchev–Trinajstić information content (AvgIpc) is 2.75. The molecule has 0 aliphatic heterocycles. The Labute approximate surface area is 173 Å². The fourth-order valence-corrected chi connectivity index (χ4v) is 3.29. The van der Waals surface area contributed by atoms with Crippen LogP contribution in [0.25, 0.3) is 0 Å². The Morgan fingerprint density at radius 3 is 2.25 bits per heavy atom. The molecule has 2 rings (SSSR count). The number of rotatable bonds is 10. The van der Waals surface area contributed by atoms with E-state index in [2.05, 4.69) is 5.32 Å².